The number of ketones is 1. The van der Waals surface area contributed by atoms with Crippen molar-refractivity contribution in [3.05, 3.63) is 94.1 Å². The molecule has 4 nitrogen and oxygen atoms in total. The fraction of sp³-hybridized carbons (Fsp3) is 0.179. The first-order valence-corrected chi connectivity index (χ1v) is 12.8. The van der Waals surface area contributed by atoms with Crippen molar-refractivity contribution in [3.8, 4) is 0 Å². The van der Waals surface area contributed by atoms with E-state index in [0.29, 0.717) is 0 Å². The molecule has 3 aromatic carbocycles. The van der Waals surface area contributed by atoms with Crippen molar-refractivity contribution in [2.24, 2.45) is 0 Å². The first-order chi connectivity index (χ1) is 16.3. The fourth-order valence-corrected chi connectivity index (χ4v) is 6.38. The molecule has 0 radical (unpaired) electrons. The highest BCUT2D eigenvalue weighted by Crippen LogP contribution is 2.35. The largest absolute Gasteiger partial charge is 0.322 e. The van der Waals surface area contributed by atoms with Gasteiger partial charge in [-0.2, -0.15) is 0 Å². The Morgan fingerprint density at radius 1 is 1.03 bits per heavy atom. The first-order valence-electron chi connectivity index (χ1n) is 11.0. The van der Waals surface area contributed by atoms with Crippen LogP contribution in [-0.4, -0.2) is 16.7 Å². The average Bonchev–Trinajstić information content (AvgIpc) is 3.20. The summed E-state index contributed by atoms with van der Waals surface area (Å²) in [6.07, 6.45) is 3.33. The van der Waals surface area contributed by atoms with Gasteiger partial charge in [0, 0.05) is 23.1 Å². The topological polar surface area (TPSA) is 59.1 Å². The summed E-state index contributed by atoms with van der Waals surface area (Å²) in [5.74, 6) is 0.690. The minimum Gasteiger partial charge on any atom is -0.322 e. The number of fused-ring (bicyclic) bond motifs is 1. The zero-order chi connectivity index (χ0) is 24.2. The Morgan fingerprint density at radius 3 is 2.53 bits per heavy atom. The molecule has 4 rings (SSSR count). The van der Waals surface area contributed by atoms with Crippen molar-refractivity contribution in [1.29, 1.82) is 0 Å². The Kier molecular flexibility index (Phi) is 7.29. The second kappa shape index (κ2) is 10.4. The Labute approximate surface area is 208 Å². The molecule has 1 aromatic heterocycles. The van der Waals surface area contributed by atoms with E-state index in [9.17, 15) is 9.59 Å². The summed E-state index contributed by atoms with van der Waals surface area (Å²) in [6.45, 7) is 7.75. The third kappa shape index (κ3) is 5.46. The van der Waals surface area contributed by atoms with Gasteiger partial charge >= 0.3 is 0 Å². The number of amides is 1. The molecule has 0 unspecified atom stereocenters. The van der Waals surface area contributed by atoms with Crippen molar-refractivity contribution in [3.63, 3.8) is 0 Å². The smallest absolute Gasteiger partial charge is 0.248 e. The number of carbonyl (C=O) groups is 2. The number of aryl methyl sites for hydroxylation is 2. The van der Waals surface area contributed by atoms with Crippen LogP contribution >= 0.6 is 23.1 Å². The summed E-state index contributed by atoms with van der Waals surface area (Å²) in [7, 11) is 0. The lowest BCUT2D eigenvalue weighted by Gasteiger charge is -2.15. The zero-order valence-corrected chi connectivity index (χ0v) is 21.3. The summed E-state index contributed by atoms with van der Waals surface area (Å²) in [5.41, 5.74) is 7.94. The number of anilines is 1. The van der Waals surface area contributed by atoms with Crippen LogP contribution in [0.15, 0.2) is 65.0 Å². The maximum atomic E-state index is 12.3. The van der Waals surface area contributed by atoms with Gasteiger partial charge in [0.15, 0.2) is 10.1 Å². The molecule has 1 amide bonds. The molecule has 0 aliphatic rings. The zero-order valence-electron chi connectivity index (χ0n) is 19.6. The lowest BCUT2D eigenvalue weighted by atomic mass is 9.92. The number of hydrogen-bond acceptors (Lipinski definition) is 5. The Morgan fingerprint density at radius 2 is 1.79 bits per heavy atom. The van der Waals surface area contributed by atoms with Gasteiger partial charge in [-0.3, -0.25) is 9.59 Å². The van der Waals surface area contributed by atoms with E-state index in [1.54, 1.807) is 36.1 Å². The van der Waals surface area contributed by atoms with Crippen molar-refractivity contribution in [2.75, 3.05) is 5.32 Å². The molecule has 1 heterocycles. The molecule has 6 heteroatoms. The van der Waals surface area contributed by atoms with E-state index in [2.05, 4.69) is 18.3 Å². The highest BCUT2D eigenvalue weighted by molar-refractivity contribution is 8.00. The standard InChI is InChI=1S/C28H26N2O2S2/c1-17-14-18(2)27(20(4)31)19(3)23(17)16-33-28-30-24-12-11-22(15-25(24)34-28)29-26(32)13-10-21-8-6-5-7-9-21/h5-15H,16H2,1-4H3,(H,29,32)/b13-10-. The number of hydrogen-bond donors (Lipinski definition) is 1. The Hall–Kier alpha value is -3.22. The van der Waals surface area contributed by atoms with E-state index >= 15 is 0 Å². The van der Waals surface area contributed by atoms with Crippen LogP contribution in [0.25, 0.3) is 16.3 Å². The van der Waals surface area contributed by atoms with Gasteiger partial charge < -0.3 is 5.32 Å². The Balaban J connectivity index is 1.47. The number of benzene rings is 3. The summed E-state index contributed by atoms with van der Waals surface area (Å²) in [5, 5.41) is 2.92. The van der Waals surface area contributed by atoms with E-state index in [1.165, 1.54) is 17.2 Å². The highest BCUT2D eigenvalue weighted by atomic mass is 32.2. The van der Waals surface area contributed by atoms with Gasteiger partial charge in [-0.25, -0.2) is 4.98 Å². The summed E-state index contributed by atoms with van der Waals surface area (Å²) >= 11 is 3.29. The molecule has 34 heavy (non-hydrogen) atoms. The monoisotopic (exact) mass is 486 g/mol. The van der Waals surface area contributed by atoms with E-state index in [-0.39, 0.29) is 11.7 Å². The van der Waals surface area contributed by atoms with Crippen LogP contribution in [0.1, 0.15) is 45.1 Å². The molecule has 4 aromatic rings. The molecule has 0 aliphatic carbocycles. The number of nitrogens with zero attached hydrogens (tertiary/aromatic N) is 1. The van der Waals surface area contributed by atoms with Crippen LogP contribution in [-0.2, 0) is 10.5 Å². The molecule has 0 fully saturated rings. The van der Waals surface area contributed by atoms with Gasteiger partial charge in [0.2, 0.25) is 5.91 Å². The molecular formula is C28H26N2O2S2. The van der Waals surface area contributed by atoms with Crippen LogP contribution in [0.2, 0.25) is 0 Å². The van der Waals surface area contributed by atoms with Gasteiger partial charge in [0.05, 0.1) is 10.2 Å². The van der Waals surface area contributed by atoms with Crippen LogP contribution in [0.4, 0.5) is 5.69 Å². The highest BCUT2D eigenvalue weighted by Gasteiger charge is 2.15. The quantitative estimate of drug-likeness (QED) is 0.168. The second-order valence-electron chi connectivity index (χ2n) is 8.23. The van der Waals surface area contributed by atoms with Crippen LogP contribution in [0, 0.1) is 20.8 Å². The van der Waals surface area contributed by atoms with Crippen molar-refractivity contribution >= 4 is 56.8 Å². The van der Waals surface area contributed by atoms with E-state index in [0.717, 1.165) is 48.3 Å². The SMILES string of the molecule is CC(=O)c1c(C)cc(C)c(CSc2nc3ccc(NC(=O)/C=C\c4ccccc4)cc3s2)c1C. The van der Waals surface area contributed by atoms with E-state index < -0.39 is 0 Å². The maximum absolute atomic E-state index is 12.3. The second-order valence-corrected chi connectivity index (χ2v) is 10.5. The molecule has 1 N–H and O–H groups in total. The number of Topliss-reactive ketones (excluding diaryl/α,β-unsaturated/α-hetero) is 1. The van der Waals surface area contributed by atoms with Gasteiger partial charge in [-0.05, 0) is 79.8 Å². The van der Waals surface area contributed by atoms with Crippen molar-refractivity contribution in [1.82, 2.24) is 4.98 Å². The third-order valence-electron chi connectivity index (χ3n) is 5.69. The predicted octanol–water partition coefficient (Wildman–Crippen LogP) is 7.37. The lowest BCUT2D eigenvalue weighted by molar-refractivity contribution is -0.111. The number of rotatable bonds is 7. The van der Waals surface area contributed by atoms with Gasteiger partial charge in [0.1, 0.15) is 0 Å². The predicted molar refractivity (Wildman–Crippen MR) is 144 cm³/mol. The molecule has 0 spiro atoms. The minimum absolute atomic E-state index is 0.106. The summed E-state index contributed by atoms with van der Waals surface area (Å²) in [4.78, 5) is 29.2. The number of carbonyl (C=O) groups excluding carboxylic acids is 2. The maximum Gasteiger partial charge on any atom is 0.248 e. The summed E-state index contributed by atoms with van der Waals surface area (Å²) < 4.78 is 1.99. The van der Waals surface area contributed by atoms with Crippen molar-refractivity contribution < 1.29 is 9.59 Å². The first kappa shape index (κ1) is 23.9. The number of aromatic nitrogens is 1. The third-order valence-corrected chi connectivity index (χ3v) is 7.87. The van der Waals surface area contributed by atoms with E-state index in [4.69, 9.17) is 4.98 Å². The van der Waals surface area contributed by atoms with Gasteiger partial charge in [-0.1, -0.05) is 48.2 Å². The number of thioether (sulfide) groups is 1. The van der Waals surface area contributed by atoms with Crippen LogP contribution in [0.5, 0.6) is 0 Å². The number of nitrogens with one attached hydrogen (secondary N) is 1. The summed E-state index contributed by atoms with van der Waals surface area (Å²) in [6, 6.07) is 17.6. The van der Waals surface area contributed by atoms with E-state index in [1.807, 2.05) is 62.4 Å². The van der Waals surface area contributed by atoms with Gasteiger partial charge in [-0.15, -0.1) is 11.3 Å². The normalized spacial score (nSPS) is 11.3. The van der Waals surface area contributed by atoms with Crippen molar-refractivity contribution in [2.45, 2.75) is 37.8 Å². The lowest BCUT2D eigenvalue weighted by Crippen LogP contribution is -2.07. The molecular weight excluding hydrogens is 460 g/mol. The molecule has 0 atom stereocenters. The molecule has 0 saturated carbocycles. The molecule has 172 valence electrons. The van der Waals surface area contributed by atoms with Crippen LogP contribution in [0.3, 0.4) is 0 Å². The fourth-order valence-electron chi connectivity index (χ4n) is 4.09. The molecule has 0 bridgehead atoms. The van der Waals surface area contributed by atoms with Gasteiger partial charge in [0.25, 0.3) is 0 Å². The number of thiazole rings is 1. The molecule has 0 saturated heterocycles. The Bertz CT molecular complexity index is 1410. The average molecular weight is 487 g/mol. The molecule has 0 aliphatic heterocycles. The van der Waals surface area contributed by atoms with Crippen LogP contribution < -0.4 is 5.32 Å². The minimum atomic E-state index is -0.172.